The Morgan fingerprint density at radius 2 is 1.70 bits per heavy atom. The van der Waals surface area contributed by atoms with Gasteiger partial charge in [0.15, 0.2) is 6.61 Å². The maximum absolute atomic E-state index is 12.1. The lowest BCUT2D eigenvalue weighted by Gasteiger charge is -2.09. The first kappa shape index (κ1) is 23.8. The van der Waals surface area contributed by atoms with Crippen LogP contribution in [-0.2, 0) is 24.3 Å². The zero-order valence-corrected chi connectivity index (χ0v) is 17.2. The largest absolute Gasteiger partial charge is 0.455 e. The summed E-state index contributed by atoms with van der Waals surface area (Å²) >= 11 is 11.5. The average Bonchev–Trinajstić information content (AvgIpc) is 2.68. The van der Waals surface area contributed by atoms with Gasteiger partial charge in [-0.25, -0.2) is 8.42 Å². The number of halogens is 4. The minimum absolute atomic E-state index is 0.0209. The van der Waals surface area contributed by atoms with Crippen molar-refractivity contribution in [2.75, 3.05) is 18.5 Å². The molecule has 2 rings (SSSR count). The number of carbonyl (C=O) groups excluding carboxylic acids is 2. The molecule has 0 unspecified atom stereocenters. The first-order chi connectivity index (χ1) is 14.1. The third kappa shape index (κ3) is 7.41. The number of anilines is 1. The summed E-state index contributed by atoms with van der Waals surface area (Å²) in [6.07, 6.45) is 0. The van der Waals surface area contributed by atoms with Crippen molar-refractivity contribution in [2.45, 2.75) is 11.5 Å². The number of sulfonamides is 1. The van der Waals surface area contributed by atoms with Crippen molar-refractivity contribution in [1.82, 2.24) is 4.72 Å². The van der Waals surface area contributed by atoms with E-state index in [0.717, 1.165) is 6.07 Å². The minimum atomic E-state index is -4.05. The highest BCUT2D eigenvalue weighted by atomic mass is 35.5. The van der Waals surface area contributed by atoms with Crippen LogP contribution in [0.2, 0.25) is 10.0 Å². The second-order valence-electron chi connectivity index (χ2n) is 5.51. The van der Waals surface area contributed by atoms with Crippen LogP contribution >= 0.6 is 23.2 Å². The van der Waals surface area contributed by atoms with Crippen molar-refractivity contribution in [3.05, 3.63) is 52.5 Å². The smallest absolute Gasteiger partial charge is 0.387 e. The molecule has 0 spiro atoms. The van der Waals surface area contributed by atoms with Crippen molar-refractivity contribution in [1.29, 1.82) is 0 Å². The van der Waals surface area contributed by atoms with Gasteiger partial charge in [0.1, 0.15) is 12.3 Å². The Labute approximate surface area is 180 Å². The lowest BCUT2D eigenvalue weighted by molar-refractivity contribution is -0.146. The van der Waals surface area contributed by atoms with Gasteiger partial charge in [-0.2, -0.15) is 13.5 Å². The molecular formula is C17H14Cl2F2N2O6S. The number of nitrogens with one attached hydrogen (secondary N) is 2. The molecule has 0 aliphatic carbocycles. The molecule has 0 heterocycles. The lowest BCUT2D eigenvalue weighted by atomic mass is 10.3. The van der Waals surface area contributed by atoms with Gasteiger partial charge in [0.05, 0.1) is 14.9 Å². The molecule has 0 saturated carbocycles. The number of amides is 1. The van der Waals surface area contributed by atoms with Crippen LogP contribution in [0, 0.1) is 0 Å². The zero-order valence-electron chi connectivity index (χ0n) is 14.9. The quantitative estimate of drug-likeness (QED) is 0.531. The fourth-order valence-corrected chi connectivity index (χ4v) is 3.35. The standard InChI is InChI=1S/C17H14Cl2F2N2O6S/c18-13-6-5-12(7-14(13)19)30(26,27)22-8-16(25)28-9-15(24)23-10-1-3-11(4-2-10)29-17(20)21/h1-7,17,22H,8-9H2,(H,23,24). The van der Waals surface area contributed by atoms with E-state index < -0.39 is 41.7 Å². The molecule has 0 aliphatic heterocycles. The number of rotatable bonds is 9. The Bertz CT molecular complexity index is 1020. The summed E-state index contributed by atoms with van der Waals surface area (Å²) in [6.45, 7) is -4.39. The fraction of sp³-hybridized carbons (Fsp3) is 0.176. The molecule has 2 aromatic carbocycles. The summed E-state index contributed by atoms with van der Waals surface area (Å²) in [7, 11) is -4.05. The van der Waals surface area contributed by atoms with Crippen LogP contribution in [0.3, 0.4) is 0 Å². The first-order valence-electron chi connectivity index (χ1n) is 8.02. The molecule has 13 heteroatoms. The molecule has 0 fully saturated rings. The first-order valence-corrected chi connectivity index (χ1v) is 10.3. The van der Waals surface area contributed by atoms with E-state index in [9.17, 15) is 26.8 Å². The predicted octanol–water partition coefficient (Wildman–Crippen LogP) is 3.06. The number of hydrogen-bond donors (Lipinski definition) is 2. The molecule has 2 aromatic rings. The highest BCUT2D eigenvalue weighted by molar-refractivity contribution is 7.89. The van der Waals surface area contributed by atoms with Gasteiger partial charge in [0, 0.05) is 5.69 Å². The van der Waals surface area contributed by atoms with Gasteiger partial charge < -0.3 is 14.8 Å². The van der Waals surface area contributed by atoms with Gasteiger partial charge in [-0.3, -0.25) is 9.59 Å². The summed E-state index contributed by atoms with van der Waals surface area (Å²) in [4.78, 5) is 23.2. The normalized spacial score (nSPS) is 11.2. The van der Waals surface area contributed by atoms with E-state index in [1.807, 2.05) is 4.72 Å². The third-order valence-electron chi connectivity index (χ3n) is 3.34. The molecule has 0 aliphatic rings. The van der Waals surface area contributed by atoms with E-state index in [-0.39, 0.29) is 26.4 Å². The van der Waals surface area contributed by atoms with Crippen LogP contribution in [0.1, 0.15) is 0 Å². The number of alkyl halides is 2. The Morgan fingerprint density at radius 1 is 1.03 bits per heavy atom. The topological polar surface area (TPSA) is 111 Å². The number of benzene rings is 2. The van der Waals surface area contributed by atoms with Crippen LogP contribution in [0.15, 0.2) is 47.4 Å². The number of carbonyl (C=O) groups is 2. The van der Waals surface area contributed by atoms with Gasteiger partial charge in [-0.1, -0.05) is 23.2 Å². The summed E-state index contributed by atoms with van der Waals surface area (Å²) < 4.78 is 59.2. The highest BCUT2D eigenvalue weighted by Crippen LogP contribution is 2.24. The maximum atomic E-state index is 12.1. The van der Waals surface area contributed by atoms with Gasteiger partial charge in [-0.15, -0.1) is 0 Å². The van der Waals surface area contributed by atoms with Gasteiger partial charge in [0.2, 0.25) is 10.0 Å². The molecule has 8 nitrogen and oxygen atoms in total. The Morgan fingerprint density at radius 3 is 2.30 bits per heavy atom. The zero-order chi connectivity index (χ0) is 22.3. The maximum Gasteiger partial charge on any atom is 0.387 e. The Kier molecular flexibility index (Phi) is 8.35. The second kappa shape index (κ2) is 10.5. The van der Waals surface area contributed by atoms with E-state index in [0.29, 0.717) is 0 Å². The number of ether oxygens (including phenoxy) is 2. The summed E-state index contributed by atoms with van der Waals surface area (Å²) in [5.74, 6) is -1.82. The lowest BCUT2D eigenvalue weighted by Crippen LogP contribution is -2.32. The van der Waals surface area contributed by atoms with Crippen molar-refractivity contribution in [2.24, 2.45) is 0 Å². The van der Waals surface area contributed by atoms with Crippen molar-refractivity contribution in [3.63, 3.8) is 0 Å². The van der Waals surface area contributed by atoms with Crippen LogP contribution in [0.4, 0.5) is 14.5 Å². The molecule has 0 bridgehead atoms. The Hall–Kier alpha value is -2.47. The monoisotopic (exact) mass is 482 g/mol. The van der Waals surface area contributed by atoms with Crippen molar-refractivity contribution in [3.8, 4) is 5.75 Å². The van der Waals surface area contributed by atoms with Crippen LogP contribution in [0.5, 0.6) is 5.75 Å². The number of esters is 1. The van der Waals surface area contributed by atoms with Gasteiger partial charge in [-0.05, 0) is 42.5 Å². The summed E-state index contributed by atoms with van der Waals surface area (Å²) in [6, 6.07) is 8.64. The molecule has 0 aromatic heterocycles. The minimum Gasteiger partial charge on any atom is -0.455 e. The average molecular weight is 483 g/mol. The molecular weight excluding hydrogens is 469 g/mol. The molecule has 0 saturated heterocycles. The summed E-state index contributed by atoms with van der Waals surface area (Å²) in [5, 5.41) is 2.55. The van der Waals surface area contributed by atoms with Crippen LogP contribution < -0.4 is 14.8 Å². The van der Waals surface area contributed by atoms with Gasteiger partial charge in [0.25, 0.3) is 5.91 Å². The van der Waals surface area contributed by atoms with Crippen molar-refractivity contribution >= 4 is 50.8 Å². The van der Waals surface area contributed by atoms with Gasteiger partial charge >= 0.3 is 12.6 Å². The third-order valence-corrected chi connectivity index (χ3v) is 5.47. The summed E-state index contributed by atoms with van der Waals surface area (Å²) in [5.41, 5.74) is 0.248. The van der Waals surface area contributed by atoms with E-state index in [1.54, 1.807) is 0 Å². The second-order valence-corrected chi connectivity index (χ2v) is 8.09. The molecule has 1 amide bonds. The van der Waals surface area contributed by atoms with Crippen LogP contribution in [-0.4, -0.2) is 40.1 Å². The molecule has 0 atom stereocenters. The Balaban J connectivity index is 1.79. The van der Waals surface area contributed by atoms with Crippen molar-refractivity contribution < 1.29 is 36.3 Å². The predicted molar refractivity (Wildman–Crippen MR) is 104 cm³/mol. The fourth-order valence-electron chi connectivity index (χ4n) is 2.00. The van der Waals surface area contributed by atoms with E-state index >= 15 is 0 Å². The molecule has 2 N–H and O–H groups in total. The highest BCUT2D eigenvalue weighted by Gasteiger charge is 2.18. The molecule has 0 radical (unpaired) electrons. The molecule has 30 heavy (non-hydrogen) atoms. The number of hydrogen-bond acceptors (Lipinski definition) is 6. The van der Waals surface area contributed by atoms with E-state index in [4.69, 9.17) is 23.2 Å². The molecule has 162 valence electrons. The van der Waals surface area contributed by atoms with E-state index in [1.165, 1.54) is 36.4 Å². The SMILES string of the molecule is O=C(COC(=O)CNS(=O)(=O)c1ccc(Cl)c(Cl)c1)Nc1ccc(OC(F)F)cc1. The van der Waals surface area contributed by atoms with E-state index in [2.05, 4.69) is 14.8 Å². The van der Waals surface area contributed by atoms with Crippen LogP contribution in [0.25, 0.3) is 0 Å².